The van der Waals surface area contributed by atoms with Crippen molar-refractivity contribution in [2.24, 2.45) is 0 Å². The van der Waals surface area contributed by atoms with Gasteiger partial charge in [0.15, 0.2) is 5.82 Å². The number of aromatic nitrogens is 2. The monoisotopic (exact) mass is 481 g/mol. The molecule has 1 atom stereocenters. The largest absolute Gasteiger partial charge is 0.346 e. The minimum atomic E-state index is -0.427. The number of hydrogen-bond donors (Lipinski definition) is 0. The third-order valence-electron chi connectivity index (χ3n) is 7.07. The first-order chi connectivity index (χ1) is 17.6. The van der Waals surface area contributed by atoms with E-state index < -0.39 is 5.41 Å². The summed E-state index contributed by atoms with van der Waals surface area (Å²) in [7, 11) is 1.89. The lowest BCUT2D eigenvalue weighted by atomic mass is 9.74. The van der Waals surface area contributed by atoms with E-state index in [1.54, 1.807) is 0 Å². The summed E-state index contributed by atoms with van der Waals surface area (Å²) in [5, 5.41) is 4.46. The third kappa shape index (κ3) is 6.28. The number of amides is 1. The molecule has 0 N–H and O–H groups in total. The Labute approximate surface area is 214 Å². The van der Waals surface area contributed by atoms with Crippen LogP contribution in [0.1, 0.15) is 54.6 Å². The Bertz CT molecular complexity index is 1210. The molecule has 4 aromatic rings. The molecular formula is C31H35N3O2. The molecule has 0 spiro atoms. The van der Waals surface area contributed by atoms with Gasteiger partial charge < -0.3 is 9.42 Å². The van der Waals surface area contributed by atoms with E-state index in [1.165, 1.54) is 11.1 Å². The molecule has 0 bridgehead atoms. The van der Waals surface area contributed by atoms with Crippen LogP contribution in [-0.2, 0) is 29.5 Å². The van der Waals surface area contributed by atoms with Crippen molar-refractivity contribution in [1.29, 1.82) is 0 Å². The molecule has 0 radical (unpaired) electrons. The topological polar surface area (TPSA) is 59.2 Å². The average Bonchev–Trinajstić information content (AvgIpc) is 3.42. The smallest absolute Gasteiger partial charge is 0.227 e. The summed E-state index contributed by atoms with van der Waals surface area (Å²) in [5.41, 5.74) is 3.15. The highest BCUT2D eigenvalue weighted by molar-refractivity contribution is 5.76. The lowest BCUT2D eigenvalue weighted by Crippen LogP contribution is -2.36. The zero-order valence-corrected chi connectivity index (χ0v) is 21.3. The first-order valence-electron chi connectivity index (χ1n) is 12.8. The van der Waals surface area contributed by atoms with E-state index in [9.17, 15) is 4.79 Å². The van der Waals surface area contributed by atoms with Crippen molar-refractivity contribution < 1.29 is 9.32 Å². The maximum atomic E-state index is 12.9. The highest BCUT2D eigenvalue weighted by atomic mass is 16.5. The van der Waals surface area contributed by atoms with Crippen molar-refractivity contribution in [3.63, 3.8) is 0 Å². The van der Waals surface area contributed by atoms with Gasteiger partial charge in [0.2, 0.25) is 11.8 Å². The maximum Gasteiger partial charge on any atom is 0.227 e. The van der Waals surface area contributed by atoms with Crippen molar-refractivity contribution in [2.75, 3.05) is 13.6 Å². The van der Waals surface area contributed by atoms with Gasteiger partial charge in [-0.05, 0) is 42.4 Å². The summed E-state index contributed by atoms with van der Waals surface area (Å²) in [6, 6.07) is 30.9. The van der Waals surface area contributed by atoms with Crippen molar-refractivity contribution in [3.05, 3.63) is 119 Å². The molecule has 36 heavy (non-hydrogen) atoms. The van der Waals surface area contributed by atoms with Gasteiger partial charge in [0, 0.05) is 26.4 Å². The van der Waals surface area contributed by atoms with Gasteiger partial charge in [-0.15, -0.1) is 0 Å². The van der Waals surface area contributed by atoms with E-state index in [4.69, 9.17) is 9.51 Å². The van der Waals surface area contributed by atoms with Gasteiger partial charge >= 0.3 is 0 Å². The molecule has 0 saturated carbocycles. The van der Waals surface area contributed by atoms with E-state index in [2.05, 4.69) is 48.5 Å². The molecule has 0 aliphatic carbocycles. The molecule has 186 valence electrons. The van der Waals surface area contributed by atoms with E-state index in [1.807, 2.05) is 66.5 Å². The van der Waals surface area contributed by atoms with E-state index in [-0.39, 0.29) is 5.91 Å². The Balaban J connectivity index is 1.47. The Hall–Kier alpha value is -3.73. The zero-order chi connectivity index (χ0) is 25.2. The summed E-state index contributed by atoms with van der Waals surface area (Å²) in [4.78, 5) is 19.6. The number of nitrogens with zero attached hydrogens (tertiary/aromatic N) is 3. The van der Waals surface area contributed by atoms with Crippen LogP contribution >= 0.6 is 0 Å². The summed E-state index contributed by atoms with van der Waals surface area (Å²) < 4.78 is 5.72. The van der Waals surface area contributed by atoms with Gasteiger partial charge in [-0.2, -0.15) is 4.98 Å². The second-order valence-corrected chi connectivity index (χ2v) is 9.35. The van der Waals surface area contributed by atoms with Crippen LogP contribution in [0.5, 0.6) is 0 Å². The third-order valence-corrected chi connectivity index (χ3v) is 7.07. The number of carbonyl (C=O) groups is 1. The number of hydrogen-bond acceptors (Lipinski definition) is 4. The summed E-state index contributed by atoms with van der Waals surface area (Å²) in [6.45, 7) is 2.77. The Morgan fingerprint density at radius 3 is 2.03 bits per heavy atom. The lowest BCUT2D eigenvalue weighted by molar-refractivity contribution is -0.130. The molecule has 0 fully saturated rings. The number of carbonyl (C=O) groups excluding carboxylic acids is 1. The molecule has 4 rings (SSSR count). The average molecular weight is 482 g/mol. The molecule has 1 aromatic heterocycles. The van der Waals surface area contributed by atoms with Crippen LogP contribution in [0.4, 0.5) is 0 Å². The van der Waals surface area contributed by atoms with Gasteiger partial charge in [-0.3, -0.25) is 4.79 Å². The van der Waals surface area contributed by atoms with Crippen LogP contribution in [-0.4, -0.2) is 34.5 Å². The Morgan fingerprint density at radius 1 is 0.833 bits per heavy atom. The van der Waals surface area contributed by atoms with Crippen molar-refractivity contribution >= 4 is 5.91 Å². The number of benzene rings is 3. The molecule has 1 unspecified atom stereocenters. The van der Waals surface area contributed by atoms with Crippen molar-refractivity contribution in [3.8, 4) is 0 Å². The van der Waals surface area contributed by atoms with Gasteiger partial charge in [0.1, 0.15) is 0 Å². The normalized spacial score (nSPS) is 12.7. The predicted molar refractivity (Wildman–Crippen MR) is 143 cm³/mol. The molecule has 1 amide bonds. The fourth-order valence-corrected chi connectivity index (χ4v) is 4.70. The van der Waals surface area contributed by atoms with Gasteiger partial charge in [-0.1, -0.05) is 103 Å². The fourth-order valence-electron chi connectivity index (χ4n) is 4.70. The highest BCUT2D eigenvalue weighted by Crippen LogP contribution is 2.37. The first-order valence-corrected chi connectivity index (χ1v) is 12.8. The summed E-state index contributed by atoms with van der Waals surface area (Å²) in [5.74, 6) is 1.49. The van der Waals surface area contributed by atoms with Crippen LogP contribution in [0.15, 0.2) is 95.5 Å². The second kappa shape index (κ2) is 12.3. The Morgan fingerprint density at radius 2 is 1.42 bits per heavy atom. The van der Waals surface area contributed by atoms with E-state index in [0.717, 1.165) is 31.2 Å². The van der Waals surface area contributed by atoms with E-state index in [0.29, 0.717) is 31.1 Å². The van der Waals surface area contributed by atoms with Crippen LogP contribution in [0.2, 0.25) is 0 Å². The highest BCUT2D eigenvalue weighted by Gasteiger charge is 2.37. The molecule has 1 heterocycles. The minimum absolute atomic E-state index is 0.147. The van der Waals surface area contributed by atoms with Gasteiger partial charge in [-0.25, -0.2) is 0 Å². The minimum Gasteiger partial charge on any atom is -0.346 e. The molecule has 5 heteroatoms. The summed E-state index contributed by atoms with van der Waals surface area (Å²) >= 11 is 0. The van der Waals surface area contributed by atoms with Gasteiger partial charge in [0.25, 0.3) is 0 Å². The molecule has 0 saturated heterocycles. The van der Waals surface area contributed by atoms with Gasteiger partial charge in [0.05, 0.1) is 5.41 Å². The SMILES string of the molecule is CCC(CCN(C)C(=O)CCc1ccccc1)(c1ccccc1)c1noc(CCc2ccccc2)n1. The number of rotatable bonds is 12. The molecular weight excluding hydrogens is 446 g/mol. The van der Waals surface area contributed by atoms with Crippen molar-refractivity contribution in [2.45, 2.75) is 50.9 Å². The van der Waals surface area contributed by atoms with Crippen LogP contribution in [0.3, 0.4) is 0 Å². The molecule has 0 aliphatic rings. The first kappa shape index (κ1) is 25.4. The molecule has 5 nitrogen and oxygen atoms in total. The van der Waals surface area contributed by atoms with Crippen LogP contribution in [0.25, 0.3) is 0 Å². The fraction of sp³-hybridized carbons (Fsp3) is 0.323. The standard InChI is InChI=1S/C31H35N3O2/c1-3-31(27-17-11-6-12-18-27,23-24-34(2)29(35)22-20-26-15-9-5-10-16-26)30-32-28(36-33-30)21-19-25-13-7-4-8-14-25/h4-18H,3,19-24H2,1-2H3. The van der Waals surface area contributed by atoms with Crippen LogP contribution in [0, 0.1) is 0 Å². The predicted octanol–water partition coefficient (Wildman–Crippen LogP) is 6.03. The lowest BCUT2D eigenvalue weighted by Gasteiger charge is -2.32. The second-order valence-electron chi connectivity index (χ2n) is 9.35. The molecule has 3 aromatic carbocycles. The summed E-state index contributed by atoms with van der Waals surface area (Å²) in [6.07, 6.45) is 4.32. The molecule has 0 aliphatic heterocycles. The van der Waals surface area contributed by atoms with E-state index >= 15 is 0 Å². The van der Waals surface area contributed by atoms with Crippen LogP contribution < -0.4 is 0 Å². The maximum absolute atomic E-state index is 12.9. The Kier molecular flexibility index (Phi) is 8.66. The van der Waals surface area contributed by atoms with Crippen molar-refractivity contribution in [1.82, 2.24) is 15.0 Å². The zero-order valence-electron chi connectivity index (χ0n) is 21.3. The quantitative estimate of drug-likeness (QED) is 0.248. The number of aryl methyl sites for hydroxylation is 3.